The van der Waals surface area contributed by atoms with Crippen LogP contribution in [-0.4, -0.2) is 41.0 Å². The van der Waals surface area contributed by atoms with Crippen LogP contribution in [0.4, 0.5) is 5.69 Å². The molecule has 0 saturated carbocycles. The van der Waals surface area contributed by atoms with E-state index in [1.807, 2.05) is 41.3 Å². The van der Waals surface area contributed by atoms with Crippen LogP contribution in [0, 0.1) is 0 Å². The zero-order chi connectivity index (χ0) is 25.1. The Morgan fingerprint density at radius 2 is 1.49 bits per heavy atom. The van der Waals surface area contributed by atoms with Gasteiger partial charge in [-0.25, -0.2) is 4.98 Å². The zero-order valence-corrected chi connectivity index (χ0v) is 24.4. The first-order valence-corrected chi connectivity index (χ1v) is 13.1. The fraction of sp³-hybridized carbons (Fsp3) is 0.379. The standard InChI is InChI=1S/C29H36N6O.3ClH/c30-17-5-9-19(31)7-3-8-20(32)10-6-18-35-26-16-15-22(21-11-4-12-23(27(21)26)29(35)36)28-33-24-13-1-2-14-25(24)34-28;;;/h1-2,4,11-16,19-20H,3,5-10,17-18,30-32H2,(H,33,34);3*1H. The van der Waals surface area contributed by atoms with Crippen LogP contribution in [0.2, 0.25) is 0 Å². The maximum absolute atomic E-state index is 13.3. The van der Waals surface area contributed by atoms with E-state index >= 15 is 0 Å². The molecule has 5 rings (SSSR count). The Bertz CT molecular complexity index is 1340. The fourth-order valence-electron chi connectivity index (χ4n) is 5.38. The highest BCUT2D eigenvalue weighted by Crippen LogP contribution is 2.41. The van der Waals surface area contributed by atoms with Gasteiger partial charge in [0.25, 0.3) is 5.91 Å². The number of nitrogens with two attached hydrogens (primary N) is 3. The van der Waals surface area contributed by atoms with Crippen molar-refractivity contribution in [3.8, 4) is 11.4 Å². The minimum atomic E-state index is 0. The van der Waals surface area contributed by atoms with Gasteiger partial charge in [-0.1, -0.05) is 30.7 Å². The molecule has 2 heterocycles. The highest BCUT2D eigenvalue weighted by atomic mass is 35.5. The smallest absolute Gasteiger partial charge is 0.258 e. The molecule has 0 radical (unpaired) electrons. The molecule has 1 aliphatic rings. The van der Waals surface area contributed by atoms with Gasteiger partial charge in [0.2, 0.25) is 0 Å². The van der Waals surface area contributed by atoms with Gasteiger partial charge >= 0.3 is 0 Å². The molecule has 3 aromatic carbocycles. The van der Waals surface area contributed by atoms with Crippen LogP contribution in [-0.2, 0) is 0 Å². The lowest BCUT2D eigenvalue weighted by molar-refractivity contribution is 0.0992. The number of carbonyl (C=O) groups is 1. The molecule has 10 heteroatoms. The first-order valence-electron chi connectivity index (χ1n) is 13.1. The fourth-order valence-corrected chi connectivity index (χ4v) is 5.38. The van der Waals surface area contributed by atoms with Gasteiger partial charge in [-0.15, -0.1) is 37.2 Å². The van der Waals surface area contributed by atoms with Crippen LogP contribution in [0.3, 0.4) is 0 Å². The number of aromatic nitrogens is 2. The number of carbonyl (C=O) groups excluding carboxylic acids is 1. The van der Waals surface area contributed by atoms with E-state index in [2.05, 4.69) is 23.2 Å². The van der Waals surface area contributed by atoms with E-state index in [-0.39, 0.29) is 55.2 Å². The number of amides is 1. The van der Waals surface area contributed by atoms with Crippen LogP contribution in [0.1, 0.15) is 55.3 Å². The average Bonchev–Trinajstić information content (AvgIpc) is 3.44. The molecule has 1 amide bonds. The number of imidazole rings is 1. The van der Waals surface area contributed by atoms with Crippen LogP contribution >= 0.6 is 37.2 Å². The lowest BCUT2D eigenvalue weighted by atomic mass is 10.00. The van der Waals surface area contributed by atoms with Crippen molar-refractivity contribution in [2.45, 2.75) is 57.0 Å². The molecule has 1 aromatic heterocycles. The van der Waals surface area contributed by atoms with E-state index in [0.717, 1.165) is 89.4 Å². The molecule has 4 aromatic rings. The van der Waals surface area contributed by atoms with Crippen molar-refractivity contribution in [1.82, 2.24) is 9.97 Å². The minimum absolute atomic E-state index is 0. The van der Waals surface area contributed by atoms with E-state index in [1.54, 1.807) is 0 Å². The predicted molar refractivity (Wildman–Crippen MR) is 170 cm³/mol. The number of hydrogen-bond donors (Lipinski definition) is 4. The van der Waals surface area contributed by atoms with Gasteiger partial charge in [-0.05, 0) is 80.8 Å². The molecule has 0 spiro atoms. The molecule has 0 saturated heterocycles. The molecule has 212 valence electrons. The molecule has 2 unspecified atom stereocenters. The third-order valence-corrected chi connectivity index (χ3v) is 7.31. The van der Waals surface area contributed by atoms with Crippen molar-refractivity contribution in [2.24, 2.45) is 17.2 Å². The van der Waals surface area contributed by atoms with E-state index in [1.165, 1.54) is 0 Å². The summed E-state index contributed by atoms with van der Waals surface area (Å²) >= 11 is 0. The maximum Gasteiger partial charge on any atom is 0.258 e. The first-order chi connectivity index (χ1) is 17.6. The molecular formula is C29H39Cl3N6O. The molecule has 0 aliphatic carbocycles. The number of nitrogens with zero attached hydrogens (tertiary/aromatic N) is 2. The molecule has 7 N–H and O–H groups in total. The van der Waals surface area contributed by atoms with Crippen molar-refractivity contribution in [1.29, 1.82) is 0 Å². The number of anilines is 1. The monoisotopic (exact) mass is 592 g/mol. The summed E-state index contributed by atoms with van der Waals surface area (Å²) in [4.78, 5) is 23.5. The molecule has 0 fully saturated rings. The lowest BCUT2D eigenvalue weighted by Crippen LogP contribution is -2.29. The average molecular weight is 594 g/mol. The summed E-state index contributed by atoms with van der Waals surface area (Å²) in [6.07, 6.45) is 6.69. The van der Waals surface area contributed by atoms with Gasteiger partial charge in [-0.2, -0.15) is 0 Å². The van der Waals surface area contributed by atoms with Gasteiger partial charge < -0.3 is 27.1 Å². The van der Waals surface area contributed by atoms with E-state index in [0.29, 0.717) is 13.1 Å². The van der Waals surface area contributed by atoms with Gasteiger partial charge in [0.05, 0.1) is 16.7 Å². The quantitative estimate of drug-likeness (QED) is 0.161. The third-order valence-electron chi connectivity index (χ3n) is 7.31. The van der Waals surface area contributed by atoms with Gasteiger partial charge in [0, 0.05) is 35.1 Å². The summed E-state index contributed by atoms with van der Waals surface area (Å²) in [5.74, 6) is 0.885. The number of para-hydroxylation sites is 2. The summed E-state index contributed by atoms with van der Waals surface area (Å²) in [5.41, 5.74) is 22.8. The summed E-state index contributed by atoms with van der Waals surface area (Å²) in [7, 11) is 0. The Hall–Kier alpha value is -2.39. The molecule has 1 aliphatic heterocycles. The summed E-state index contributed by atoms with van der Waals surface area (Å²) in [5, 5.41) is 2.05. The largest absolute Gasteiger partial charge is 0.338 e. The summed E-state index contributed by atoms with van der Waals surface area (Å²) in [6, 6.07) is 18.5. The summed E-state index contributed by atoms with van der Waals surface area (Å²) < 4.78 is 0. The lowest BCUT2D eigenvalue weighted by Gasteiger charge is -2.20. The highest BCUT2D eigenvalue weighted by Gasteiger charge is 2.30. The van der Waals surface area contributed by atoms with E-state index in [9.17, 15) is 4.79 Å². The number of nitrogens with one attached hydrogen (secondary N) is 1. The Morgan fingerprint density at radius 3 is 2.21 bits per heavy atom. The SMILES string of the molecule is Cl.Cl.Cl.NCCCC(N)CCCC(N)CCCN1C(=O)c2cccc3c(-c4nc5ccccc5[nH]4)ccc1c23. The maximum atomic E-state index is 13.3. The Balaban J connectivity index is 0.00000178. The first kappa shape index (κ1) is 32.8. The van der Waals surface area contributed by atoms with Crippen LogP contribution in [0.15, 0.2) is 54.6 Å². The number of aromatic amines is 1. The number of hydrogen-bond acceptors (Lipinski definition) is 5. The van der Waals surface area contributed by atoms with Gasteiger partial charge in [0.15, 0.2) is 0 Å². The zero-order valence-electron chi connectivity index (χ0n) is 22.0. The van der Waals surface area contributed by atoms with Gasteiger partial charge in [0.1, 0.15) is 5.82 Å². The normalized spacial score (nSPS) is 13.6. The van der Waals surface area contributed by atoms with E-state index in [4.69, 9.17) is 22.2 Å². The highest BCUT2D eigenvalue weighted by molar-refractivity contribution is 6.26. The van der Waals surface area contributed by atoms with E-state index < -0.39 is 0 Å². The number of benzene rings is 3. The van der Waals surface area contributed by atoms with Crippen molar-refractivity contribution in [2.75, 3.05) is 18.0 Å². The van der Waals surface area contributed by atoms with Crippen LogP contribution in [0.5, 0.6) is 0 Å². The minimum Gasteiger partial charge on any atom is -0.338 e. The van der Waals surface area contributed by atoms with Crippen molar-refractivity contribution in [3.05, 3.63) is 60.2 Å². The Kier molecular flexibility index (Phi) is 12.5. The van der Waals surface area contributed by atoms with Crippen LogP contribution < -0.4 is 22.1 Å². The number of rotatable bonds is 12. The number of H-pyrrole nitrogens is 1. The van der Waals surface area contributed by atoms with Crippen molar-refractivity contribution < 1.29 is 4.79 Å². The second-order valence-corrected chi connectivity index (χ2v) is 9.94. The van der Waals surface area contributed by atoms with Crippen molar-refractivity contribution in [3.63, 3.8) is 0 Å². The van der Waals surface area contributed by atoms with Crippen molar-refractivity contribution >= 4 is 70.6 Å². The van der Waals surface area contributed by atoms with Gasteiger partial charge in [-0.3, -0.25) is 4.79 Å². The molecular weight excluding hydrogens is 555 g/mol. The number of fused-ring (bicyclic) bond motifs is 1. The molecule has 39 heavy (non-hydrogen) atoms. The Labute approximate surface area is 248 Å². The van der Waals surface area contributed by atoms with Crippen LogP contribution in [0.25, 0.3) is 33.2 Å². The molecule has 2 atom stereocenters. The second kappa shape index (κ2) is 14.8. The topological polar surface area (TPSA) is 127 Å². The molecule has 7 nitrogen and oxygen atoms in total. The molecule has 0 bridgehead atoms. The predicted octanol–water partition coefficient (Wildman–Crippen LogP) is 5.95. The third kappa shape index (κ3) is 7.04. The number of halogens is 3. The summed E-state index contributed by atoms with van der Waals surface area (Å²) in [6.45, 7) is 1.36. The second-order valence-electron chi connectivity index (χ2n) is 9.94. The Morgan fingerprint density at radius 1 is 0.795 bits per heavy atom.